The van der Waals surface area contributed by atoms with E-state index in [0.29, 0.717) is 11.4 Å². The highest BCUT2D eigenvalue weighted by Crippen LogP contribution is 2.19. The Morgan fingerprint density at radius 3 is 2.79 bits per heavy atom. The summed E-state index contributed by atoms with van der Waals surface area (Å²) in [6, 6.07) is 6.53. The molecule has 0 aromatic heterocycles. The van der Waals surface area contributed by atoms with Gasteiger partial charge in [0.1, 0.15) is 16.8 Å². The molecule has 0 aliphatic rings. The number of hydrogen-bond acceptors (Lipinski definition) is 4. The average Bonchev–Trinajstić information content (AvgIpc) is 2.37. The summed E-state index contributed by atoms with van der Waals surface area (Å²) in [4.78, 5) is 16.6. The van der Waals surface area contributed by atoms with Crippen molar-refractivity contribution in [1.82, 2.24) is 5.06 Å². The first-order chi connectivity index (χ1) is 8.93. The van der Waals surface area contributed by atoms with Gasteiger partial charge in [0, 0.05) is 18.8 Å². The number of urea groups is 1. The van der Waals surface area contributed by atoms with E-state index in [2.05, 4.69) is 5.32 Å². The second-order valence-corrected chi connectivity index (χ2v) is 4.27. The minimum absolute atomic E-state index is 0.272. The number of thiocarbonyl (C=S) groups is 1. The van der Waals surface area contributed by atoms with Crippen LogP contribution in [0.25, 0.3) is 0 Å². The van der Waals surface area contributed by atoms with Gasteiger partial charge < -0.3 is 15.8 Å². The van der Waals surface area contributed by atoms with Gasteiger partial charge in [-0.25, -0.2) is 9.86 Å². The number of hydrogen-bond donors (Lipinski definition) is 2. The van der Waals surface area contributed by atoms with Gasteiger partial charge in [0.05, 0.1) is 7.11 Å². The fourth-order valence-electron chi connectivity index (χ4n) is 1.19. The number of carbonyl (C=O) groups is 1. The van der Waals surface area contributed by atoms with Crippen molar-refractivity contribution < 1.29 is 14.4 Å². The molecule has 1 atom stereocenters. The lowest BCUT2D eigenvalue weighted by Gasteiger charge is -2.16. The molecule has 1 aromatic carbocycles. The Kier molecular flexibility index (Phi) is 5.53. The van der Waals surface area contributed by atoms with Gasteiger partial charge in [0.2, 0.25) is 0 Å². The topological polar surface area (TPSA) is 76.8 Å². The Morgan fingerprint density at radius 1 is 1.53 bits per heavy atom. The minimum atomic E-state index is -0.387. The second kappa shape index (κ2) is 6.91. The van der Waals surface area contributed by atoms with Crippen LogP contribution in [0.5, 0.6) is 5.75 Å². The number of nitrogens with two attached hydrogens (primary N) is 1. The maximum atomic E-state index is 11.6. The van der Waals surface area contributed by atoms with Gasteiger partial charge in [-0.15, -0.1) is 0 Å². The van der Waals surface area contributed by atoms with Gasteiger partial charge in [0.15, 0.2) is 0 Å². The molecule has 0 heterocycles. The van der Waals surface area contributed by atoms with E-state index in [1.54, 1.807) is 31.2 Å². The third-order valence-electron chi connectivity index (χ3n) is 2.36. The van der Waals surface area contributed by atoms with Crippen molar-refractivity contribution >= 4 is 28.9 Å². The van der Waals surface area contributed by atoms with Crippen molar-refractivity contribution in [3.63, 3.8) is 0 Å². The van der Waals surface area contributed by atoms with Crippen LogP contribution in [0.2, 0.25) is 0 Å². The fraction of sp³-hybridized carbons (Fsp3) is 0.333. The zero-order valence-corrected chi connectivity index (χ0v) is 11.9. The number of anilines is 1. The Bertz CT molecular complexity index is 467. The summed E-state index contributed by atoms with van der Waals surface area (Å²) in [6.45, 7) is 1.76. The van der Waals surface area contributed by atoms with Crippen molar-refractivity contribution in [2.75, 3.05) is 19.5 Å². The number of nitrogens with one attached hydrogen (secondary N) is 1. The van der Waals surface area contributed by atoms with Crippen molar-refractivity contribution in [3.8, 4) is 5.75 Å². The molecule has 0 aliphatic heterocycles. The normalized spacial score (nSPS) is 11.5. The molecule has 1 unspecified atom stereocenters. The van der Waals surface area contributed by atoms with Gasteiger partial charge in [-0.2, -0.15) is 0 Å². The molecule has 19 heavy (non-hydrogen) atoms. The fourth-order valence-corrected chi connectivity index (χ4v) is 1.24. The lowest BCUT2D eigenvalue weighted by molar-refractivity contribution is -0.0598. The van der Waals surface area contributed by atoms with Crippen molar-refractivity contribution in [2.24, 2.45) is 5.73 Å². The lowest BCUT2D eigenvalue weighted by atomic mass is 10.3. The first kappa shape index (κ1) is 15.2. The van der Waals surface area contributed by atoms with Gasteiger partial charge in [-0.1, -0.05) is 18.3 Å². The molecule has 1 aromatic rings. The molecule has 0 fully saturated rings. The van der Waals surface area contributed by atoms with Crippen LogP contribution in [-0.2, 0) is 4.84 Å². The summed E-state index contributed by atoms with van der Waals surface area (Å²) in [5.41, 5.74) is 6.06. The SMILES string of the molecule is CON(C)C(=O)Nc1cccc(OC(C)C(N)=S)c1. The lowest BCUT2D eigenvalue weighted by Crippen LogP contribution is -2.30. The molecule has 104 valence electrons. The number of rotatable bonds is 5. The maximum Gasteiger partial charge on any atom is 0.345 e. The van der Waals surface area contributed by atoms with E-state index < -0.39 is 0 Å². The van der Waals surface area contributed by atoms with Crippen LogP contribution in [0.1, 0.15) is 6.92 Å². The monoisotopic (exact) mass is 283 g/mol. The second-order valence-electron chi connectivity index (χ2n) is 3.80. The van der Waals surface area contributed by atoms with Crippen LogP contribution in [0.15, 0.2) is 24.3 Å². The van der Waals surface area contributed by atoms with E-state index >= 15 is 0 Å². The summed E-state index contributed by atoms with van der Waals surface area (Å²) in [7, 11) is 2.91. The Hall–Kier alpha value is -1.86. The summed E-state index contributed by atoms with van der Waals surface area (Å²) < 4.78 is 5.52. The molecule has 0 saturated carbocycles. The molecule has 2 amide bonds. The highest BCUT2D eigenvalue weighted by Gasteiger charge is 2.10. The molecule has 0 bridgehead atoms. The number of amides is 2. The van der Waals surface area contributed by atoms with Gasteiger partial charge in [0.25, 0.3) is 0 Å². The van der Waals surface area contributed by atoms with E-state index in [9.17, 15) is 4.79 Å². The van der Waals surface area contributed by atoms with Crippen molar-refractivity contribution in [1.29, 1.82) is 0 Å². The predicted molar refractivity (Wildman–Crippen MR) is 77.1 cm³/mol. The van der Waals surface area contributed by atoms with Crippen molar-refractivity contribution in [3.05, 3.63) is 24.3 Å². The highest BCUT2D eigenvalue weighted by atomic mass is 32.1. The number of carbonyl (C=O) groups excluding carboxylic acids is 1. The molecular formula is C12H17N3O3S. The van der Waals surface area contributed by atoms with Crippen LogP contribution in [-0.4, -0.2) is 36.3 Å². The van der Waals surface area contributed by atoms with Crippen LogP contribution in [0, 0.1) is 0 Å². The van der Waals surface area contributed by atoms with Gasteiger partial charge in [-0.05, 0) is 19.1 Å². The van der Waals surface area contributed by atoms with E-state index in [-0.39, 0.29) is 17.1 Å². The predicted octanol–water partition coefficient (Wildman–Crippen LogP) is 1.77. The summed E-state index contributed by atoms with van der Waals surface area (Å²) in [6.07, 6.45) is -0.373. The molecular weight excluding hydrogens is 266 g/mol. The zero-order valence-electron chi connectivity index (χ0n) is 11.0. The Balaban J connectivity index is 2.72. The third-order valence-corrected chi connectivity index (χ3v) is 2.69. The summed E-state index contributed by atoms with van der Waals surface area (Å²) in [5, 5.41) is 3.73. The molecule has 0 spiro atoms. The quantitative estimate of drug-likeness (QED) is 0.636. The van der Waals surface area contributed by atoms with Crippen LogP contribution >= 0.6 is 12.2 Å². The standard InChI is InChI=1S/C12H17N3O3S/c1-8(11(13)19)18-10-6-4-5-9(7-10)14-12(16)15(2)17-3/h4-8H,1-3H3,(H2,13,19)(H,14,16). The zero-order chi connectivity index (χ0) is 14.4. The molecule has 0 saturated heterocycles. The average molecular weight is 283 g/mol. The third kappa shape index (κ3) is 4.72. The number of hydroxylamine groups is 2. The van der Waals surface area contributed by atoms with Gasteiger partial charge >= 0.3 is 6.03 Å². The Morgan fingerprint density at radius 2 is 2.21 bits per heavy atom. The summed E-state index contributed by atoms with van der Waals surface area (Å²) >= 11 is 4.83. The molecule has 0 radical (unpaired) electrons. The summed E-state index contributed by atoms with van der Waals surface area (Å²) in [5.74, 6) is 0.568. The number of benzene rings is 1. The number of nitrogens with zero attached hydrogens (tertiary/aromatic N) is 1. The molecule has 0 aliphatic carbocycles. The van der Waals surface area contributed by atoms with Crippen LogP contribution in [0.3, 0.4) is 0 Å². The minimum Gasteiger partial charge on any atom is -0.484 e. The first-order valence-electron chi connectivity index (χ1n) is 5.59. The van der Waals surface area contributed by atoms with Crippen LogP contribution in [0.4, 0.5) is 10.5 Å². The molecule has 6 nitrogen and oxygen atoms in total. The van der Waals surface area contributed by atoms with Gasteiger partial charge in [-0.3, -0.25) is 4.84 Å². The Labute approximate surface area is 117 Å². The van der Waals surface area contributed by atoms with E-state index in [0.717, 1.165) is 5.06 Å². The first-order valence-corrected chi connectivity index (χ1v) is 5.99. The van der Waals surface area contributed by atoms with E-state index in [1.165, 1.54) is 14.2 Å². The highest BCUT2D eigenvalue weighted by molar-refractivity contribution is 7.80. The largest absolute Gasteiger partial charge is 0.484 e. The number of ether oxygens (including phenoxy) is 1. The van der Waals surface area contributed by atoms with E-state index in [4.69, 9.17) is 27.5 Å². The smallest absolute Gasteiger partial charge is 0.345 e. The molecule has 3 N–H and O–H groups in total. The van der Waals surface area contributed by atoms with Crippen molar-refractivity contribution in [2.45, 2.75) is 13.0 Å². The molecule has 1 rings (SSSR count). The van der Waals surface area contributed by atoms with Crippen LogP contribution < -0.4 is 15.8 Å². The molecule has 7 heteroatoms. The van der Waals surface area contributed by atoms with E-state index in [1.807, 2.05) is 0 Å². The maximum absolute atomic E-state index is 11.6.